The highest BCUT2D eigenvalue weighted by Gasteiger charge is 2.13. The molecular weight excluding hydrogens is 256 g/mol. The molecule has 5 nitrogen and oxygen atoms in total. The summed E-state index contributed by atoms with van der Waals surface area (Å²) in [6.07, 6.45) is 2.99. The Morgan fingerprint density at radius 1 is 1.56 bits per heavy atom. The first kappa shape index (κ1) is 12.4. The Morgan fingerprint density at radius 3 is 3.06 bits per heavy atom. The van der Waals surface area contributed by atoms with E-state index in [0.29, 0.717) is 18.0 Å². The fourth-order valence-corrected chi connectivity index (χ4v) is 1.67. The summed E-state index contributed by atoms with van der Waals surface area (Å²) in [7, 11) is 1.53. The van der Waals surface area contributed by atoms with Crippen molar-refractivity contribution in [2.45, 2.75) is 6.54 Å². The number of nitrogens with one attached hydrogen (secondary N) is 1. The van der Waals surface area contributed by atoms with Crippen molar-refractivity contribution in [3.05, 3.63) is 47.0 Å². The zero-order valence-electron chi connectivity index (χ0n) is 9.64. The van der Waals surface area contributed by atoms with Crippen LogP contribution in [0, 0.1) is 0 Å². The summed E-state index contributed by atoms with van der Waals surface area (Å²) < 4.78 is 9.94. The molecule has 0 aliphatic carbocycles. The van der Waals surface area contributed by atoms with Gasteiger partial charge in [0.2, 0.25) is 11.1 Å². The van der Waals surface area contributed by atoms with E-state index < -0.39 is 0 Å². The lowest BCUT2D eigenvalue weighted by molar-refractivity contribution is 0.0950. The van der Waals surface area contributed by atoms with Crippen LogP contribution in [0.3, 0.4) is 0 Å². The van der Waals surface area contributed by atoms with Crippen molar-refractivity contribution in [2.24, 2.45) is 0 Å². The number of carbonyl (C=O) groups excluding carboxylic acids is 1. The molecular formula is C12H11ClN2O3. The van der Waals surface area contributed by atoms with E-state index in [0.717, 1.165) is 5.56 Å². The summed E-state index contributed by atoms with van der Waals surface area (Å²) in [6, 6.07) is 5.11. The molecule has 2 aromatic rings. The first-order chi connectivity index (χ1) is 8.72. The van der Waals surface area contributed by atoms with Crippen molar-refractivity contribution in [3.8, 4) is 5.88 Å². The van der Waals surface area contributed by atoms with E-state index in [9.17, 15) is 4.79 Å². The first-order valence-corrected chi connectivity index (χ1v) is 5.59. The standard InChI is InChI=1S/C12H11ClN2O3/c1-17-12-8(3-2-5-14-12)7-15-11(16)9-4-6-18-10(9)13/h2-6H,7H2,1H3,(H,15,16). The third kappa shape index (κ3) is 2.62. The molecule has 0 saturated carbocycles. The minimum Gasteiger partial charge on any atom is -0.481 e. The number of halogens is 1. The number of amides is 1. The fourth-order valence-electron chi connectivity index (χ4n) is 1.47. The average molecular weight is 267 g/mol. The Bertz CT molecular complexity index is 554. The summed E-state index contributed by atoms with van der Waals surface area (Å²) in [5, 5.41) is 2.79. The number of carbonyl (C=O) groups is 1. The zero-order valence-corrected chi connectivity index (χ0v) is 10.4. The average Bonchev–Trinajstić information content (AvgIpc) is 2.82. The molecule has 6 heteroatoms. The normalized spacial score (nSPS) is 10.1. The van der Waals surface area contributed by atoms with Crippen molar-refractivity contribution in [1.29, 1.82) is 0 Å². The Hall–Kier alpha value is -2.01. The van der Waals surface area contributed by atoms with Gasteiger partial charge >= 0.3 is 0 Å². The summed E-state index contributed by atoms with van der Waals surface area (Å²) in [4.78, 5) is 15.8. The highest BCUT2D eigenvalue weighted by molar-refractivity contribution is 6.32. The lowest BCUT2D eigenvalue weighted by Gasteiger charge is -2.07. The number of aromatic nitrogens is 1. The maximum atomic E-state index is 11.8. The second-order valence-corrected chi connectivity index (χ2v) is 3.81. The Morgan fingerprint density at radius 2 is 2.39 bits per heavy atom. The van der Waals surface area contributed by atoms with Gasteiger partial charge in [0.1, 0.15) is 0 Å². The van der Waals surface area contributed by atoms with Crippen LogP contribution in [0.2, 0.25) is 5.22 Å². The Labute approximate surface area is 109 Å². The third-order valence-corrected chi connectivity index (χ3v) is 2.64. The molecule has 0 unspecified atom stereocenters. The smallest absolute Gasteiger partial charge is 0.256 e. The SMILES string of the molecule is COc1ncccc1CNC(=O)c1ccoc1Cl. The van der Waals surface area contributed by atoms with E-state index in [1.54, 1.807) is 12.3 Å². The molecule has 2 rings (SSSR count). The van der Waals surface area contributed by atoms with Gasteiger partial charge in [0.05, 0.1) is 18.9 Å². The lowest BCUT2D eigenvalue weighted by atomic mass is 10.2. The largest absolute Gasteiger partial charge is 0.481 e. The molecule has 0 bridgehead atoms. The molecule has 0 aliphatic heterocycles. The summed E-state index contributed by atoms with van der Waals surface area (Å²) >= 11 is 5.71. The number of pyridine rings is 1. The molecule has 0 atom stereocenters. The maximum Gasteiger partial charge on any atom is 0.256 e. The van der Waals surface area contributed by atoms with Gasteiger partial charge in [-0.1, -0.05) is 6.07 Å². The summed E-state index contributed by atoms with van der Waals surface area (Å²) in [5.74, 6) is 0.177. The van der Waals surface area contributed by atoms with E-state index in [1.165, 1.54) is 19.4 Å². The van der Waals surface area contributed by atoms with Crippen molar-refractivity contribution in [3.63, 3.8) is 0 Å². The molecule has 0 saturated heterocycles. The van der Waals surface area contributed by atoms with Crippen LogP contribution in [0.15, 0.2) is 35.1 Å². The zero-order chi connectivity index (χ0) is 13.0. The number of rotatable bonds is 4. The minimum atomic E-state index is -0.306. The number of nitrogens with zero attached hydrogens (tertiary/aromatic N) is 1. The molecule has 2 heterocycles. The van der Waals surface area contributed by atoms with E-state index in [1.807, 2.05) is 6.07 Å². The first-order valence-electron chi connectivity index (χ1n) is 5.21. The van der Waals surface area contributed by atoms with Crippen LogP contribution in [0.1, 0.15) is 15.9 Å². The van der Waals surface area contributed by atoms with Gasteiger partial charge in [-0.3, -0.25) is 4.79 Å². The van der Waals surface area contributed by atoms with E-state index in [4.69, 9.17) is 20.8 Å². The van der Waals surface area contributed by atoms with E-state index in [-0.39, 0.29) is 11.1 Å². The lowest BCUT2D eigenvalue weighted by Crippen LogP contribution is -2.23. The van der Waals surface area contributed by atoms with Crippen molar-refractivity contribution in [1.82, 2.24) is 10.3 Å². The van der Waals surface area contributed by atoms with Crippen LogP contribution in [0.25, 0.3) is 0 Å². The molecule has 1 amide bonds. The van der Waals surface area contributed by atoms with Gasteiger partial charge in [0.25, 0.3) is 5.91 Å². The van der Waals surface area contributed by atoms with Crippen molar-refractivity contribution in [2.75, 3.05) is 7.11 Å². The number of hydrogen-bond acceptors (Lipinski definition) is 4. The molecule has 0 spiro atoms. The maximum absolute atomic E-state index is 11.8. The number of furan rings is 1. The molecule has 1 N–H and O–H groups in total. The molecule has 18 heavy (non-hydrogen) atoms. The van der Waals surface area contributed by atoms with Crippen LogP contribution >= 0.6 is 11.6 Å². The molecule has 0 aliphatic rings. The number of hydrogen-bond donors (Lipinski definition) is 1. The van der Waals surface area contributed by atoms with Crippen molar-refractivity contribution < 1.29 is 13.9 Å². The van der Waals surface area contributed by atoms with Gasteiger partial charge in [0, 0.05) is 18.3 Å². The fraction of sp³-hybridized carbons (Fsp3) is 0.167. The van der Waals surface area contributed by atoms with Crippen molar-refractivity contribution >= 4 is 17.5 Å². The third-order valence-electron chi connectivity index (χ3n) is 2.35. The highest BCUT2D eigenvalue weighted by atomic mass is 35.5. The predicted octanol–water partition coefficient (Wildman–Crippen LogP) is 2.27. The van der Waals surface area contributed by atoms with Gasteiger partial charge in [-0.05, 0) is 23.7 Å². The van der Waals surface area contributed by atoms with Crippen LogP contribution < -0.4 is 10.1 Å². The van der Waals surface area contributed by atoms with E-state index in [2.05, 4.69) is 10.3 Å². The van der Waals surface area contributed by atoms with Crippen LogP contribution in [-0.2, 0) is 6.54 Å². The van der Waals surface area contributed by atoms with Gasteiger partial charge in [-0.25, -0.2) is 4.98 Å². The summed E-state index contributed by atoms with van der Waals surface area (Å²) in [5.41, 5.74) is 1.09. The quantitative estimate of drug-likeness (QED) is 0.922. The molecule has 0 aromatic carbocycles. The summed E-state index contributed by atoms with van der Waals surface area (Å²) in [6.45, 7) is 0.303. The van der Waals surface area contributed by atoms with E-state index >= 15 is 0 Å². The number of ether oxygens (including phenoxy) is 1. The predicted molar refractivity (Wildman–Crippen MR) is 65.7 cm³/mol. The Kier molecular flexibility index (Phi) is 3.84. The molecule has 94 valence electrons. The molecule has 2 aromatic heterocycles. The van der Waals surface area contributed by atoms with Crippen LogP contribution in [-0.4, -0.2) is 18.0 Å². The van der Waals surface area contributed by atoms with Gasteiger partial charge in [-0.15, -0.1) is 0 Å². The topological polar surface area (TPSA) is 64.4 Å². The Balaban J connectivity index is 2.04. The van der Waals surface area contributed by atoms with Gasteiger partial charge in [-0.2, -0.15) is 0 Å². The van der Waals surface area contributed by atoms with Gasteiger partial charge < -0.3 is 14.5 Å². The number of methoxy groups -OCH3 is 1. The second kappa shape index (κ2) is 5.55. The van der Waals surface area contributed by atoms with Crippen LogP contribution in [0.4, 0.5) is 0 Å². The highest BCUT2D eigenvalue weighted by Crippen LogP contribution is 2.17. The minimum absolute atomic E-state index is 0.0747. The van der Waals surface area contributed by atoms with Crippen LogP contribution in [0.5, 0.6) is 5.88 Å². The molecule has 0 radical (unpaired) electrons. The second-order valence-electron chi connectivity index (χ2n) is 3.46. The molecule has 0 fully saturated rings. The monoisotopic (exact) mass is 266 g/mol. The van der Waals surface area contributed by atoms with Gasteiger partial charge in [0.15, 0.2) is 0 Å².